The van der Waals surface area contributed by atoms with Crippen molar-refractivity contribution in [3.8, 4) is 5.75 Å². The van der Waals surface area contributed by atoms with Crippen molar-refractivity contribution in [1.29, 1.82) is 0 Å². The third kappa shape index (κ3) is 5.38. The second kappa shape index (κ2) is 9.96. The molecule has 174 valence electrons. The molecule has 0 radical (unpaired) electrons. The van der Waals surface area contributed by atoms with E-state index in [0.717, 1.165) is 55.6 Å². The zero-order valence-electron chi connectivity index (χ0n) is 19.1. The maximum absolute atomic E-state index is 12.8. The number of carbonyl (C=O) groups is 2. The maximum Gasteiger partial charge on any atom is 0.251 e. The van der Waals surface area contributed by atoms with Crippen LogP contribution in [-0.2, 0) is 17.8 Å². The molecule has 0 spiro atoms. The second-order valence-electron chi connectivity index (χ2n) is 9.66. The van der Waals surface area contributed by atoms with Gasteiger partial charge in [-0.05, 0) is 86.7 Å². The molecule has 1 aliphatic carbocycles. The van der Waals surface area contributed by atoms with Crippen molar-refractivity contribution in [2.45, 2.75) is 57.5 Å². The van der Waals surface area contributed by atoms with Gasteiger partial charge >= 0.3 is 0 Å². The van der Waals surface area contributed by atoms with Crippen LogP contribution in [0.4, 0.5) is 5.69 Å². The van der Waals surface area contributed by atoms with Gasteiger partial charge in [-0.3, -0.25) is 14.5 Å². The molecule has 33 heavy (non-hydrogen) atoms. The molecule has 0 aromatic heterocycles. The average Bonchev–Trinajstić information content (AvgIpc) is 3.54. The van der Waals surface area contributed by atoms with E-state index in [0.29, 0.717) is 12.2 Å². The summed E-state index contributed by atoms with van der Waals surface area (Å²) in [7, 11) is 0. The third-order valence-corrected chi connectivity index (χ3v) is 7.12. The summed E-state index contributed by atoms with van der Waals surface area (Å²) in [6.07, 6.45) is 7.55. The van der Waals surface area contributed by atoms with Crippen LogP contribution >= 0.6 is 0 Å². The van der Waals surface area contributed by atoms with Gasteiger partial charge in [0, 0.05) is 23.7 Å². The summed E-state index contributed by atoms with van der Waals surface area (Å²) in [6.45, 7) is 3.81. The number of hydrogen-bond donors (Lipinski definition) is 2. The number of anilines is 1. The maximum atomic E-state index is 12.8. The first-order valence-electron chi connectivity index (χ1n) is 12.3. The van der Waals surface area contributed by atoms with Crippen LogP contribution in [0, 0.1) is 5.92 Å². The van der Waals surface area contributed by atoms with Crippen LogP contribution < -0.4 is 15.4 Å². The Morgan fingerprint density at radius 1 is 0.970 bits per heavy atom. The molecule has 2 N–H and O–H groups in total. The quantitative estimate of drug-likeness (QED) is 0.698. The van der Waals surface area contributed by atoms with Crippen LogP contribution in [0.2, 0.25) is 0 Å². The van der Waals surface area contributed by atoms with Gasteiger partial charge < -0.3 is 15.4 Å². The summed E-state index contributed by atoms with van der Waals surface area (Å²) in [5.41, 5.74) is 3.75. The Balaban J connectivity index is 1.14. The van der Waals surface area contributed by atoms with Crippen LogP contribution in [-0.4, -0.2) is 42.5 Å². The first-order valence-corrected chi connectivity index (χ1v) is 12.3. The van der Waals surface area contributed by atoms with Crippen molar-refractivity contribution < 1.29 is 14.3 Å². The predicted molar refractivity (Wildman–Crippen MR) is 128 cm³/mol. The fraction of sp³-hybridized carbons (Fsp3) is 0.481. The molecule has 0 bridgehead atoms. The molecule has 2 fully saturated rings. The van der Waals surface area contributed by atoms with E-state index in [1.807, 2.05) is 0 Å². The molecular formula is C27H33N3O3. The van der Waals surface area contributed by atoms with E-state index in [4.69, 9.17) is 4.74 Å². The Morgan fingerprint density at radius 2 is 1.73 bits per heavy atom. The van der Waals surface area contributed by atoms with E-state index in [9.17, 15) is 9.59 Å². The number of nitrogens with one attached hydrogen (secondary N) is 2. The summed E-state index contributed by atoms with van der Waals surface area (Å²) in [4.78, 5) is 27.5. The first kappa shape index (κ1) is 22.0. The molecule has 2 aromatic carbocycles. The minimum absolute atomic E-state index is 0.0591. The Morgan fingerprint density at radius 3 is 2.48 bits per heavy atom. The molecule has 2 amide bonds. The lowest BCUT2D eigenvalue weighted by molar-refractivity contribution is -0.119. The zero-order chi connectivity index (χ0) is 22.6. The number of fused-ring (bicyclic) bond motifs is 1. The predicted octanol–water partition coefficient (Wildman–Crippen LogP) is 4.14. The number of likely N-dealkylation sites (tertiary alicyclic amines) is 1. The highest BCUT2D eigenvalue weighted by molar-refractivity contribution is 5.96. The normalized spacial score (nSPS) is 20.8. The second-order valence-corrected chi connectivity index (χ2v) is 9.66. The Bertz CT molecular complexity index is 992. The molecule has 3 aliphatic rings. The average molecular weight is 448 g/mol. The van der Waals surface area contributed by atoms with Crippen molar-refractivity contribution in [2.24, 2.45) is 5.92 Å². The van der Waals surface area contributed by atoms with Crippen LogP contribution in [0.1, 0.15) is 60.0 Å². The largest absolute Gasteiger partial charge is 0.491 e. The van der Waals surface area contributed by atoms with E-state index in [1.54, 1.807) is 24.3 Å². The summed E-state index contributed by atoms with van der Waals surface area (Å²) < 4.78 is 6.01. The fourth-order valence-corrected chi connectivity index (χ4v) is 5.21. The van der Waals surface area contributed by atoms with Crippen LogP contribution in [0.5, 0.6) is 5.75 Å². The number of amides is 2. The summed E-state index contributed by atoms with van der Waals surface area (Å²) >= 11 is 0. The van der Waals surface area contributed by atoms with Gasteiger partial charge in [0.1, 0.15) is 12.4 Å². The van der Waals surface area contributed by atoms with Gasteiger partial charge in [0.25, 0.3) is 5.91 Å². The number of benzene rings is 2. The molecule has 0 unspecified atom stereocenters. The van der Waals surface area contributed by atoms with Crippen molar-refractivity contribution in [1.82, 2.24) is 10.2 Å². The minimum Gasteiger partial charge on any atom is -0.491 e. The molecule has 2 aliphatic heterocycles. The molecule has 6 nitrogen and oxygen atoms in total. The van der Waals surface area contributed by atoms with Crippen molar-refractivity contribution in [3.05, 3.63) is 59.2 Å². The molecular weight excluding hydrogens is 414 g/mol. The third-order valence-electron chi connectivity index (χ3n) is 7.12. The van der Waals surface area contributed by atoms with Gasteiger partial charge in [0.2, 0.25) is 5.91 Å². The monoisotopic (exact) mass is 447 g/mol. The van der Waals surface area contributed by atoms with E-state index in [2.05, 4.69) is 33.7 Å². The smallest absolute Gasteiger partial charge is 0.251 e. The van der Waals surface area contributed by atoms with E-state index >= 15 is 0 Å². The molecule has 6 heteroatoms. The highest BCUT2D eigenvalue weighted by atomic mass is 16.5. The number of carbonyl (C=O) groups excluding carboxylic acids is 2. The van der Waals surface area contributed by atoms with Crippen molar-refractivity contribution >= 4 is 17.5 Å². The lowest BCUT2D eigenvalue weighted by Gasteiger charge is -2.27. The SMILES string of the molecule is O=C(N[C@H]1COc2cc(CN3CCCC3)ccc2C1)c1ccc(NC(=O)C2CCCC2)cc1. The number of rotatable bonds is 6. The van der Waals surface area contributed by atoms with Crippen LogP contribution in [0.25, 0.3) is 0 Å². The summed E-state index contributed by atoms with van der Waals surface area (Å²) in [5.74, 6) is 1.04. The van der Waals surface area contributed by atoms with Gasteiger partial charge in [0.05, 0.1) is 6.04 Å². The van der Waals surface area contributed by atoms with Gasteiger partial charge in [-0.2, -0.15) is 0 Å². The zero-order valence-corrected chi connectivity index (χ0v) is 19.1. The van der Waals surface area contributed by atoms with Gasteiger partial charge in [-0.15, -0.1) is 0 Å². The molecule has 5 rings (SSSR count). The highest BCUT2D eigenvalue weighted by Crippen LogP contribution is 2.28. The number of hydrogen-bond acceptors (Lipinski definition) is 4. The number of ether oxygens (including phenoxy) is 1. The van der Waals surface area contributed by atoms with Crippen LogP contribution in [0.3, 0.4) is 0 Å². The van der Waals surface area contributed by atoms with Crippen molar-refractivity contribution in [3.63, 3.8) is 0 Å². The Hall–Kier alpha value is -2.86. The Kier molecular flexibility index (Phi) is 6.63. The first-order chi connectivity index (χ1) is 16.1. The molecule has 1 atom stereocenters. The van der Waals surface area contributed by atoms with E-state index < -0.39 is 0 Å². The van der Waals surface area contributed by atoms with Crippen molar-refractivity contribution in [2.75, 3.05) is 25.0 Å². The van der Waals surface area contributed by atoms with Gasteiger partial charge in [-0.1, -0.05) is 25.0 Å². The molecule has 2 aromatic rings. The van der Waals surface area contributed by atoms with E-state index in [-0.39, 0.29) is 23.8 Å². The lowest BCUT2D eigenvalue weighted by Crippen LogP contribution is -2.42. The fourth-order valence-electron chi connectivity index (χ4n) is 5.21. The molecule has 1 saturated heterocycles. The lowest BCUT2D eigenvalue weighted by atomic mass is 10.00. The van der Waals surface area contributed by atoms with E-state index in [1.165, 1.54) is 31.5 Å². The molecule has 2 heterocycles. The van der Waals surface area contributed by atoms with Gasteiger partial charge in [0.15, 0.2) is 0 Å². The topological polar surface area (TPSA) is 70.7 Å². The van der Waals surface area contributed by atoms with Crippen LogP contribution in [0.15, 0.2) is 42.5 Å². The Labute approximate surface area is 195 Å². The summed E-state index contributed by atoms with van der Waals surface area (Å²) in [6, 6.07) is 13.6. The van der Waals surface area contributed by atoms with Gasteiger partial charge in [-0.25, -0.2) is 0 Å². The minimum atomic E-state index is -0.119. The molecule has 1 saturated carbocycles. The summed E-state index contributed by atoms with van der Waals surface area (Å²) in [5, 5.41) is 6.07. The highest BCUT2D eigenvalue weighted by Gasteiger charge is 2.24. The standard InChI is InChI=1S/C27H33N3O3/c31-26(20-5-1-2-6-20)28-23-11-9-21(10-12-23)27(32)29-24-16-22-8-7-19(15-25(22)33-18-24)17-30-13-3-4-14-30/h7-12,15,20,24H,1-6,13-14,16-18H2,(H,28,31)(H,29,32)/t24-/m1/s1. The number of nitrogens with zero attached hydrogens (tertiary/aromatic N) is 1.